The molecule has 25 heavy (non-hydrogen) atoms. The third-order valence-electron chi connectivity index (χ3n) is 3.47. The van der Waals surface area contributed by atoms with Crippen LogP contribution in [-0.2, 0) is 0 Å². The normalized spacial score (nSPS) is 10.5. The molecular weight excluding hydrogens is 340 g/mol. The van der Waals surface area contributed by atoms with E-state index in [9.17, 15) is 4.79 Å². The van der Waals surface area contributed by atoms with Crippen molar-refractivity contribution in [1.82, 2.24) is 9.97 Å². The number of esters is 1. The highest BCUT2D eigenvalue weighted by Gasteiger charge is 2.21. The molecule has 2 heterocycles. The molecule has 0 radical (unpaired) electrons. The fourth-order valence-electron chi connectivity index (χ4n) is 2.25. The van der Waals surface area contributed by atoms with Gasteiger partial charge in [0, 0.05) is 0 Å². The van der Waals surface area contributed by atoms with Crippen LogP contribution in [-0.4, -0.2) is 29.3 Å². The number of hydrogen-bond donors (Lipinski definition) is 0. The zero-order chi connectivity index (χ0) is 17.8. The SMILES string of the molecule is COc1ccc(OC(=O)c2c(C)nc(-c3ccco3)nc2SC)cc1. The molecule has 0 amide bonds. The van der Waals surface area contributed by atoms with Gasteiger partial charge in [0.1, 0.15) is 22.1 Å². The van der Waals surface area contributed by atoms with Crippen molar-refractivity contribution in [1.29, 1.82) is 0 Å². The minimum atomic E-state index is -0.502. The van der Waals surface area contributed by atoms with Crippen molar-refractivity contribution in [2.75, 3.05) is 13.4 Å². The summed E-state index contributed by atoms with van der Waals surface area (Å²) in [5.41, 5.74) is 0.878. The van der Waals surface area contributed by atoms with Gasteiger partial charge in [-0.25, -0.2) is 14.8 Å². The number of furan rings is 1. The van der Waals surface area contributed by atoms with Crippen molar-refractivity contribution in [3.8, 4) is 23.1 Å². The molecule has 0 N–H and O–H groups in total. The fourth-order valence-corrected chi connectivity index (χ4v) is 2.86. The van der Waals surface area contributed by atoms with Crippen molar-refractivity contribution in [3.05, 3.63) is 53.9 Å². The highest BCUT2D eigenvalue weighted by atomic mass is 32.2. The van der Waals surface area contributed by atoms with Gasteiger partial charge in [-0.1, -0.05) is 0 Å². The Bertz CT molecular complexity index is 877. The van der Waals surface area contributed by atoms with Crippen LogP contribution in [0, 0.1) is 6.92 Å². The third kappa shape index (κ3) is 3.66. The smallest absolute Gasteiger partial charge is 0.348 e. The number of aryl methyl sites for hydroxylation is 1. The summed E-state index contributed by atoms with van der Waals surface area (Å²) in [7, 11) is 1.58. The standard InChI is InChI=1S/C18H16N2O4S/c1-11-15(18(21)24-13-8-6-12(22-2)7-9-13)17(25-3)20-16(19-11)14-5-4-10-23-14/h4-10H,1-3H3. The van der Waals surface area contributed by atoms with Crippen LogP contribution in [0.5, 0.6) is 11.5 Å². The molecule has 2 aromatic heterocycles. The topological polar surface area (TPSA) is 74.5 Å². The maximum Gasteiger partial charge on any atom is 0.348 e. The van der Waals surface area contributed by atoms with Gasteiger partial charge in [-0.05, 0) is 49.6 Å². The Hall–Kier alpha value is -2.80. The molecule has 0 aliphatic carbocycles. The Balaban J connectivity index is 1.91. The molecular formula is C18H16N2O4S. The minimum absolute atomic E-state index is 0.346. The average Bonchev–Trinajstić information content (AvgIpc) is 3.16. The lowest BCUT2D eigenvalue weighted by atomic mass is 10.2. The van der Waals surface area contributed by atoms with E-state index in [4.69, 9.17) is 13.9 Å². The highest BCUT2D eigenvalue weighted by molar-refractivity contribution is 7.98. The van der Waals surface area contributed by atoms with Gasteiger partial charge in [0.2, 0.25) is 0 Å². The first-order valence-electron chi connectivity index (χ1n) is 7.45. The molecule has 3 aromatic rings. The number of carbonyl (C=O) groups excluding carboxylic acids is 1. The molecule has 0 bridgehead atoms. The van der Waals surface area contributed by atoms with Gasteiger partial charge in [-0.3, -0.25) is 0 Å². The van der Waals surface area contributed by atoms with Crippen molar-refractivity contribution in [2.24, 2.45) is 0 Å². The molecule has 6 nitrogen and oxygen atoms in total. The lowest BCUT2D eigenvalue weighted by molar-refractivity contribution is 0.0728. The molecule has 0 saturated heterocycles. The van der Waals surface area contributed by atoms with Crippen molar-refractivity contribution >= 4 is 17.7 Å². The summed E-state index contributed by atoms with van der Waals surface area (Å²) in [5, 5.41) is 0.539. The summed E-state index contributed by atoms with van der Waals surface area (Å²) in [6, 6.07) is 10.3. The number of nitrogens with zero attached hydrogens (tertiary/aromatic N) is 2. The summed E-state index contributed by atoms with van der Waals surface area (Å²) in [4.78, 5) is 21.4. The number of aromatic nitrogens is 2. The van der Waals surface area contributed by atoms with Gasteiger partial charge in [-0.15, -0.1) is 11.8 Å². The Morgan fingerprint density at radius 1 is 1.12 bits per heavy atom. The summed E-state index contributed by atoms with van der Waals surface area (Å²) in [6.45, 7) is 1.75. The van der Waals surface area contributed by atoms with Crippen LogP contribution in [0.2, 0.25) is 0 Å². The van der Waals surface area contributed by atoms with E-state index in [-0.39, 0.29) is 0 Å². The van der Waals surface area contributed by atoms with Crippen molar-refractivity contribution < 1.29 is 18.7 Å². The average molecular weight is 356 g/mol. The number of hydrogen-bond acceptors (Lipinski definition) is 7. The molecule has 0 fully saturated rings. The van der Waals surface area contributed by atoms with Crippen LogP contribution in [0.25, 0.3) is 11.6 Å². The second-order valence-electron chi connectivity index (χ2n) is 5.06. The molecule has 0 aliphatic rings. The maximum absolute atomic E-state index is 12.6. The van der Waals surface area contributed by atoms with Gasteiger partial charge >= 0.3 is 5.97 Å². The van der Waals surface area contributed by atoms with E-state index in [2.05, 4.69) is 9.97 Å². The van der Waals surface area contributed by atoms with E-state index in [1.54, 1.807) is 56.7 Å². The monoisotopic (exact) mass is 356 g/mol. The Morgan fingerprint density at radius 3 is 2.44 bits per heavy atom. The van der Waals surface area contributed by atoms with Crippen LogP contribution in [0.3, 0.4) is 0 Å². The molecule has 0 atom stereocenters. The lowest BCUT2D eigenvalue weighted by Crippen LogP contribution is -2.14. The highest BCUT2D eigenvalue weighted by Crippen LogP contribution is 2.26. The van der Waals surface area contributed by atoms with Gasteiger partial charge in [0.05, 0.1) is 19.1 Å². The largest absolute Gasteiger partial charge is 0.497 e. The second kappa shape index (κ2) is 7.40. The van der Waals surface area contributed by atoms with Gasteiger partial charge in [0.25, 0.3) is 0 Å². The summed E-state index contributed by atoms with van der Waals surface area (Å²) in [6.07, 6.45) is 3.40. The van der Waals surface area contributed by atoms with Crippen LogP contribution in [0.4, 0.5) is 0 Å². The fraction of sp³-hybridized carbons (Fsp3) is 0.167. The number of methoxy groups -OCH3 is 1. The zero-order valence-electron chi connectivity index (χ0n) is 14.0. The Kier molecular flexibility index (Phi) is 5.04. The van der Waals surface area contributed by atoms with E-state index < -0.39 is 5.97 Å². The Labute approximate surface area is 149 Å². The van der Waals surface area contributed by atoms with Crippen molar-refractivity contribution in [2.45, 2.75) is 11.9 Å². The van der Waals surface area contributed by atoms with Gasteiger partial charge in [-0.2, -0.15) is 0 Å². The van der Waals surface area contributed by atoms with E-state index in [1.807, 2.05) is 6.26 Å². The van der Waals surface area contributed by atoms with Crippen LogP contribution in [0.15, 0.2) is 52.1 Å². The van der Waals surface area contributed by atoms with Crippen LogP contribution >= 0.6 is 11.8 Å². The molecule has 7 heteroatoms. The summed E-state index contributed by atoms with van der Waals surface area (Å²) < 4.78 is 15.9. The van der Waals surface area contributed by atoms with Crippen LogP contribution < -0.4 is 9.47 Å². The second-order valence-corrected chi connectivity index (χ2v) is 5.85. The minimum Gasteiger partial charge on any atom is -0.497 e. The predicted molar refractivity (Wildman–Crippen MR) is 94.2 cm³/mol. The third-order valence-corrected chi connectivity index (χ3v) is 4.15. The lowest BCUT2D eigenvalue weighted by Gasteiger charge is -2.11. The van der Waals surface area contributed by atoms with Gasteiger partial charge < -0.3 is 13.9 Å². The molecule has 128 valence electrons. The van der Waals surface area contributed by atoms with Gasteiger partial charge in [0.15, 0.2) is 11.6 Å². The molecule has 0 saturated carbocycles. The predicted octanol–water partition coefficient (Wildman–Crippen LogP) is 3.99. The first kappa shape index (κ1) is 17.0. The number of rotatable bonds is 5. The first-order valence-corrected chi connectivity index (χ1v) is 8.67. The number of ether oxygens (including phenoxy) is 2. The maximum atomic E-state index is 12.6. The van der Waals surface area contributed by atoms with Crippen LogP contribution in [0.1, 0.15) is 16.1 Å². The Morgan fingerprint density at radius 2 is 1.84 bits per heavy atom. The summed E-state index contributed by atoms with van der Waals surface area (Å²) >= 11 is 1.35. The summed E-state index contributed by atoms with van der Waals surface area (Å²) in [5.74, 6) is 1.60. The van der Waals surface area contributed by atoms with Crippen molar-refractivity contribution in [3.63, 3.8) is 0 Å². The van der Waals surface area contributed by atoms with E-state index >= 15 is 0 Å². The number of benzene rings is 1. The van der Waals surface area contributed by atoms with E-state index in [0.29, 0.717) is 39.4 Å². The quantitative estimate of drug-likeness (QED) is 0.296. The number of thioether (sulfide) groups is 1. The van der Waals surface area contributed by atoms with E-state index in [0.717, 1.165) is 0 Å². The molecule has 0 aliphatic heterocycles. The zero-order valence-corrected chi connectivity index (χ0v) is 14.8. The molecule has 0 unspecified atom stereocenters. The molecule has 1 aromatic carbocycles. The first-order chi connectivity index (χ1) is 12.1. The van der Waals surface area contributed by atoms with E-state index in [1.165, 1.54) is 11.8 Å². The molecule has 3 rings (SSSR count). The molecule has 0 spiro atoms. The number of carbonyl (C=O) groups is 1.